The van der Waals surface area contributed by atoms with Gasteiger partial charge in [-0.15, -0.1) is 0 Å². The van der Waals surface area contributed by atoms with Crippen LogP contribution >= 0.6 is 0 Å². The standard InChI is InChI=1S/C20H32O2/c1-3-5-6-7-8-9-10-11-12-13-14-15-16-17-18-20(22)19(21)4-2/h7-8,10-11,13-22H,3-6,9,12H2,1-2H3/b8-7-,11-10-,14-13-,16-15+,18-17+/t19-,20-/m1/s1. The largest absolute Gasteiger partial charge is 0.390 e. The Morgan fingerprint density at radius 1 is 0.773 bits per heavy atom. The maximum Gasteiger partial charge on any atom is 0.0982 e. The molecule has 2 heteroatoms. The average Bonchev–Trinajstić information content (AvgIpc) is 2.54. The smallest absolute Gasteiger partial charge is 0.0982 e. The fourth-order valence-electron chi connectivity index (χ4n) is 1.72. The lowest BCUT2D eigenvalue weighted by Crippen LogP contribution is -2.22. The summed E-state index contributed by atoms with van der Waals surface area (Å²) in [5.74, 6) is 0. The van der Waals surface area contributed by atoms with Crippen LogP contribution < -0.4 is 0 Å². The molecule has 2 N–H and O–H groups in total. The van der Waals surface area contributed by atoms with Gasteiger partial charge in [-0.1, -0.05) is 87.4 Å². The highest BCUT2D eigenvalue weighted by atomic mass is 16.3. The first kappa shape index (κ1) is 20.6. The summed E-state index contributed by atoms with van der Waals surface area (Å²) in [5, 5.41) is 18.9. The Morgan fingerprint density at radius 3 is 2.09 bits per heavy atom. The predicted octanol–water partition coefficient (Wildman–Crippen LogP) is 4.87. The molecule has 0 aromatic carbocycles. The van der Waals surface area contributed by atoms with E-state index in [1.807, 2.05) is 25.2 Å². The number of allylic oxidation sites excluding steroid dienone is 9. The molecule has 124 valence electrons. The van der Waals surface area contributed by atoms with Gasteiger partial charge in [0, 0.05) is 0 Å². The first-order valence-corrected chi connectivity index (χ1v) is 8.38. The molecular formula is C20H32O2. The van der Waals surface area contributed by atoms with Crippen LogP contribution in [0.15, 0.2) is 60.8 Å². The Bertz CT molecular complexity index is 375. The minimum Gasteiger partial charge on any atom is -0.390 e. The van der Waals surface area contributed by atoms with Crippen molar-refractivity contribution in [2.75, 3.05) is 0 Å². The zero-order valence-electron chi connectivity index (χ0n) is 14.1. The number of aliphatic hydroxyl groups excluding tert-OH is 2. The minimum atomic E-state index is -0.785. The van der Waals surface area contributed by atoms with E-state index in [2.05, 4.69) is 37.3 Å². The molecule has 0 unspecified atom stereocenters. The van der Waals surface area contributed by atoms with Gasteiger partial charge in [0.1, 0.15) is 0 Å². The van der Waals surface area contributed by atoms with E-state index in [0.29, 0.717) is 6.42 Å². The summed E-state index contributed by atoms with van der Waals surface area (Å²) >= 11 is 0. The van der Waals surface area contributed by atoms with Crippen LogP contribution in [0.2, 0.25) is 0 Å². The van der Waals surface area contributed by atoms with Crippen molar-refractivity contribution in [2.24, 2.45) is 0 Å². The average molecular weight is 304 g/mol. The molecule has 0 radical (unpaired) electrons. The molecule has 0 spiro atoms. The summed E-state index contributed by atoms with van der Waals surface area (Å²) in [7, 11) is 0. The molecule has 2 nitrogen and oxygen atoms in total. The van der Waals surface area contributed by atoms with E-state index in [1.165, 1.54) is 19.3 Å². The quantitative estimate of drug-likeness (QED) is 0.307. The molecule has 22 heavy (non-hydrogen) atoms. The molecular weight excluding hydrogens is 272 g/mol. The molecule has 0 aromatic rings. The lowest BCUT2D eigenvalue weighted by atomic mass is 10.1. The zero-order chi connectivity index (χ0) is 16.5. The van der Waals surface area contributed by atoms with E-state index in [-0.39, 0.29) is 0 Å². The monoisotopic (exact) mass is 304 g/mol. The fourth-order valence-corrected chi connectivity index (χ4v) is 1.72. The van der Waals surface area contributed by atoms with Gasteiger partial charge in [-0.3, -0.25) is 0 Å². The number of hydrogen-bond acceptors (Lipinski definition) is 2. The Kier molecular flexibility index (Phi) is 15.0. The summed E-state index contributed by atoms with van der Waals surface area (Å²) in [6.45, 7) is 4.05. The van der Waals surface area contributed by atoms with Crippen LogP contribution in [0.3, 0.4) is 0 Å². The lowest BCUT2D eigenvalue weighted by Gasteiger charge is -2.10. The van der Waals surface area contributed by atoms with Crippen LogP contribution in [0.5, 0.6) is 0 Å². The second kappa shape index (κ2) is 16.0. The highest BCUT2D eigenvalue weighted by molar-refractivity contribution is 5.13. The summed E-state index contributed by atoms with van der Waals surface area (Å²) in [6.07, 6.45) is 24.7. The summed E-state index contributed by atoms with van der Waals surface area (Å²) in [6, 6.07) is 0. The molecule has 2 atom stereocenters. The Labute approximate surface area is 136 Å². The van der Waals surface area contributed by atoms with E-state index in [4.69, 9.17) is 0 Å². The number of hydrogen-bond donors (Lipinski definition) is 2. The number of unbranched alkanes of at least 4 members (excludes halogenated alkanes) is 2. The maximum atomic E-state index is 9.51. The Morgan fingerprint density at radius 2 is 1.41 bits per heavy atom. The third kappa shape index (κ3) is 13.6. The van der Waals surface area contributed by atoms with E-state index >= 15 is 0 Å². The third-order valence-corrected chi connectivity index (χ3v) is 3.19. The molecule has 0 aliphatic heterocycles. The first-order valence-electron chi connectivity index (χ1n) is 8.38. The van der Waals surface area contributed by atoms with Crippen molar-refractivity contribution >= 4 is 0 Å². The van der Waals surface area contributed by atoms with Gasteiger partial charge in [0.15, 0.2) is 0 Å². The lowest BCUT2D eigenvalue weighted by molar-refractivity contribution is 0.0466. The predicted molar refractivity (Wildman–Crippen MR) is 96.8 cm³/mol. The van der Waals surface area contributed by atoms with Crippen molar-refractivity contribution in [3.05, 3.63) is 60.8 Å². The van der Waals surface area contributed by atoms with Crippen molar-refractivity contribution in [2.45, 2.75) is 64.6 Å². The Hall–Kier alpha value is -1.38. The molecule has 0 saturated carbocycles. The second-order valence-electron chi connectivity index (χ2n) is 5.22. The van der Waals surface area contributed by atoms with Crippen LogP contribution in [0.1, 0.15) is 52.4 Å². The van der Waals surface area contributed by atoms with Crippen LogP contribution in [-0.2, 0) is 0 Å². The zero-order valence-corrected chi connectivity index (χ0v) is 14.1. The second-order valence-corrected chi connectivity index (χ2v) is 5.22. The maximum absolute atomic E-state index is 9.51. The SMILES string of the molecule is CCCC/C=C\C/C=C\C\C=C/C=C/C=C/[C@@H](O)[C@H](O)CC. The van der Waals surface area contributed by atoms with Gasteiger partial charge in [0.05, 0.1) is 12.2 Å². The number of aliphatic hydroxyl groups is 2. The summed E-state index contributed by atoms with van der Waals surface area (Å²) in [4.78, 5) is 0. The van der Waals surface area contributed by atoms with Crippen molar-refractivity contribution in [3.63, 3.8) is 0 Å². The van der Waals surface area contributed by atoms with E-state index in [1.54, 1.807) is 12.2 Å². The van der Waals surface area contributed by atoms with Crippen LogP contribution in [0.4, 0.5) is 0 Å². The van der Waals surface area contributed by atoms with E-state index in [0.717, 1.165) is 12.8 Å². The molecule has 0 saturated heterocycles. The van der Waals surface area contributed by atoms with Gasteiger partial charge in [-0.25, -0.2) is 0 Å². The number of rotatable bonds is 12. The molecule has 0 aliphatic carbocycles. The summed E-state index contributed by atoms with van der Waals surface area (Å²) in [5.41, 5.74) is 0. The molecule has 0 fully saturated rings. The normalized spacial score (nSPS) is 16.0. The molecule has 0 aromatic heterocycles. The van der Waals surface area contributed by atoms with Crippen LogP contribution in [0, 0.1) is 0 Å². The van der Waals surface area contributed by atoms with Crippen molar-refractivity contribution in [3.8, 4) is 0 Å². The molecule has 0 aliphatic rings. The van der Waals surface area contributed by atoms with Gasteiger partial charge >= 0.3 is 0 Å². The molecule has 0 amide bonds. The van der Waals surface area contributed by atoms with Crippen molar-refractivity contribution in [1.82, 2.24) is 0 Å². The van der Waals surface area contributed by atoms with Gasteiger partial charge in [0.25, 0.3) is 0 Å². The Balaban J connectivity index is 3.71. The molecule has 0 heterocycles. The molecule has 0 rings (SSSR count). The van der Waals surface area contributed by atoms with Crippen molar-refractivity contribution in [1.29, 1.82) is 0 Å². The fraction of sp³-hybridized carbons (Fsp3) is 0.500. The van der Waals surface area contributed by atoms with Gasteiger partial charge in [-0.2, -0.15) is 0 Å². The van der Waals surface area contributed by atoms with Gasteiger partial charge in [-0.05, 0) is 25.7 Å². The topological polar surface area (TPSA) is 40.5 Å². The highest BCUT2D eigenvalue weighted by Gasteiger charge is 2.08. The summed E-state index contributed by atoms with van der Waals surface area (Å²) < 4.78 is 0. The molecule has 0 bridgehead atoms. The van der Waals surface area contributed by atoms with E-state index < -0.39 is 12.2 Å². The van der Waals surface area contributed by atoms with Gasteiger partial charge in [0.2, 0.25) is 0 Å². The minimum absolute atomic E-state index is 0.551. The van der Waals surface area contributed by atoms with Gasteiger partial charge < -0.3 is 10.2 Å². The highest BCUT2D eigenvalue weighted by Crippen LogP contribution is 2.00. The van der Waals surface area contributed by atoms with Crippen molar-refractivity contribution < 1.29 is 10.2 Å². The van der Waals surface area contributed by atoms with Crippen LogP contribution in [0.25, 0.3) is 0 Å². The first-order chi connectivity index (χ1) is 10.7. The van der Waals surface area contributed by atoms with E-state index in [9.17, 15) is 10.2 Å². The third-order valence-electron chi connectivity index (χ3n) is 3.19. The van der Waals surface area contributed by atoms with Crippen LogP contribution in [-0.4, -0.2) is 22.4 Å².